The van der Waals surface area contributed by atoms with E-state index in [1.165, 1.54) is 11.9 Å². The number of carboxylic acids is 1. The van der Waals surface area contributed by atoms with Gasteiger partial charge in [-0.1, -0.05) is 0 Å². The third-order valence-corrected chi connectivity index (χ3v) is 2.82. The van der Waals surface area contributed by atoms with Crippen LogP contribution in [0.5, 0.6) is 0 Å². The molecule has 0 saturated carbocycles. The first-order valence-corrected chi connectivity index (χ1v) is 5.75. The second-order valence-corrected chi connectivity index (χ2v) is 4.91. The summed E-state index contributed by atoms with van der Waals surface area (Å²) >= 11 is 0. The Morgan fingerprint density at radius 3 is 2.37 bits per heavy atom. The molecule has 0 spiro atoms. The molecule has 1 fully saturated rings. The topological polar surface area (TPSA) is 107 Å². The highest BCUT2D eigenvalue weighted by molar-refractivity contribution is 6.08. The number of carboxylic acid groups (broad SMARTS) is 1. The van der Waals surface area contributed by atoms with Crippen molar-refractivity contribution in [2.45, 2.75) is 25.8 Å². The summed E-state index contributed by atoms with van der Waals surface area (Å²) in [7, 11) is 1.43. The van der Waals surface area contributed by atoms with Crippen LogP contribution in [-0.4, -0.2) is 64.4 Å². The average Bonchev–Trinajstić information content (AvgIpc) is 2.48. The molecule has 1 aliphatic rings. The Kier molecular flexibility index (Phi) is 4.13. The van der Waals surface area contributed by atoms with Gasteiger partial charge in [-0.25, -0.2) is 4.79 Å². The molecule has 0 aromatic carbocycles. The lowest BCUT2D eigenvalue weighted by Gasteiger charge is -2.20. The van der Waals surface area contributed by atoms with Gasteiger partial charge in [0.15, 0.2) is 0 Å². The number of likely N-dealkylation sites (N-methyl/N-ethyl adjacent to an activating group) is 1. The van der Waals surface area contributed by atoms with Crippen LogP contribution < -0.4 is 5.32 Å². The molecule has 0 aromatic heterocycles. The summed E-state index contributed by atoms with van der Waals surface area (Å²) in [5, 5.41) is 11.0. The highest BCUT2D eigenvalue weighted by Gasteiger charge is 2.45. The molecule has 4 amide bonds. The zero-order valence-electron chi connectivity index (χ0n) is 11.1. The van der Waals surface area contributed by atoms with Crippen LogP contribution in [0.15, 0.2) is 0 Å². The molecule has 1 heterocycles. The van der Waals surface area contributed by atoms with Crippen LogP contribution in [0, 0.1) is 0 Å². The normalized spacial score (nSPS) is 17.3. The number of carbonyl (C=O) groups is 4. The van der Waals surface area contributed by atoms with Crippen LogP contribution in [0.4, 0.5) is 4.79 Å². The quantitative estimate of drug-likeness (QED) is 0.640. The van der Waals surface area contributed by atoms with Crippen LogP contribution in [0.25, 0.3) is 0 Å². The summed E-state index contributed by atoms with van der Waals surface area (Å²) < 4.78 is 0. The van der Waals surface area contributed by atoms with E-state index in [1.54, 1.807) is 13.8 Å². The van der Waals surface area contributed by atoms with E-state index in [0.717, 1.165) is 4.90 Å². The van der Waals surface area contributed by atoms with Crippen LogP contribution >= 0.6 is 0 Å². The number of rotatable bonds is 5. The van der Waals surface area contributed by atoms with E-state index in [9.17, 15) is 19.2 Å². The predicted octanol–water partition coefficient (Wildman–Crippen LogP) is -0.750. The van der Waals surface area contributed by atoms with Crippen molar-refractivity contribution in [2.75, 3.05) is 20.1 Å². The first kappa shape index (κ1) is 14.9. The summed E-state index contributed by atoms with van der Waals surface area (Å²) in [5.74, 6) is -1.98. The fraction of sp³-hybridized carbons (Fsp3) is 0.636. The minimum Gasteiger partial charge on any atom is -0.481 e. The number of amides is 4. The van der Waals surface area contributed by atoms with Gasteiger partial charge in [0, 0.05) is 13.6 Å². The van der Waals surface area contributed by atoms with E-state index in [2.05, 4.69) is 5.32 Å². The van der Waals surface area contributed by atoms with Crippen molar-refractivity contribution in [3.05, 3.63) is 0 Å². The van der Waals surface area contributed by atoms with Crippen LogP contribution in [0.1, 0.15) is 20.3 Å². The van der Waals surface area contributed by atoms with Crippen molar-refractivity contribution in [3.63, 3.8) is 0 Å². The van der Waals surface area contributed by atoms with E-state index in [-0.39, 0.29) is 19.5 Å². The third-order valence-electron chi connectivity index (χ3n) is 2.82. The number of imide groups is 1. The molecular formula is C11H17N3O5. The Bertz CT molecular complexity index is 432. The molecule has 1 aliphatic heterocycles. The minimum atomic E-state index is -1.02. The molecule has 1 saturated heterocycles. The molecule has 8 nitrogen and oxygen atoms in total. The second-order valence-electron chi connectivity index (χ2n) is 4.91. The van der Waals surface area contributed by atoms with E-state index >= 15 is 0 Å². The zero-order valence-corrected chi connectivity index (χ0v) is 11.1. The summed E-state index contributed by atoms with van der Waals surface area (Å²) in [6, 6.07) is -0.616. The molecule has 0 unspecified atom stereocenters. The highest BCUT2D eigenvalue weighted by atomic mass is 16.4. The predicted molar refractivity (Wildman–Crippen MR) is 64.2 cm³/mol. The largest absolute Gasteiger partial charge is 0.481 e. The zero-order chi connectivity index (χ0) is 14.8. The van der Waals surface area contributed by atoms with Crippen molar-refractivity contribution >= 4 is 23.8 Å². The number of hydrogen-bond acceptors (Lipinski definition) is 4. The number of urea groups is 1. The molecule has 1 rings (SSSR count). The third kappa shape index (κ3) is 3.43. The van der Waals surface area contributed by atoms with Crippen molar-refractivity contribution in [2.24, 2.45) is 0 Å². The number of nitrogens with zero attached hydrogens (tertiary/aromatic N) is 2. The Labute approximate surface area is 110 Å². The molecule has 2 N–H and O–H groups in total. The molecule has 0 bridgehead atoms. The molecule has 106 valence electrons. The van der Waals surface area contributed by atoms with E-state index in [1.807, 2.05) is 0 Å². The molecule has 19 heavy (non-hydrogen) atoms. The SMILES string of the molecule is CN(CCC(=O)O)C(=O)CN1C(=O)NC(C)(C)C1=O. The number of nitrogens with one attached hydrogen (secondary N) is 1. The van der Waals surface area contributed by atoms with Crippen molar-refractivity contribution < 1.29 is 24.3 Å². The first-order chi connectivity index (χ1) is 8.65. The van der Waals surface area contributed by atoms with E-state index in [4.69, 9.17) is 5.11 Å². The van der Waals surface area contributed by atoms with Crippen LogP contribution in [0.2, 0.25) is 0 Å². The summed E-state index contributed by atoms with van der Waals surface area (Å²) in [5.41, 5.74) is -1.02. The summed E-state index contributed by atoms with van der Waals surface area (Å²) in [4.78, 5) is 47.6. The van der Waals surface area contributed by atoms with Crippen molar-refractivity contribution in [1.29, 1.82) is 0 Å². The van der Waals surface area contributed by atoms with Crippen molar-refractivity contribution in [3.8, 4) is 0 Å². The van der Waals surface area contributed by atoms with Gasteiger partial charge in [0.25, 0.3) is 5.91 Å². The molecule has 0 radical (unpaired) electrons. The molecule has 8 heteroatoms. The molecule has 0 atom stereocenters. The first-order valence-electron chi connectivity index (χ1n) is 5.75. The minimum absolute atomic E-state index is 0.0290. The molecule has 0 aliphatic carbocycles. The number of hydrogen-bond donors (Lipinski definition) is 2. The maximum absolute atomic E-state index is 11.8. The standard InChI is InChI=1S/C11H17N3O5/c1-11(2)9(18)14(10(19)12-11)6-7(15)13(3)5-4-8(16)17/h4-6H2,1-3H3,(H,12,19)(H,16,17). The monoisotopic (exact) mass is 271 g/mol. The maximum Gasteiger partial charge on any atom is 0.325 e. The maximum atomic E-state index is 11.8. The highest BCUT2D eigenvalue weighted by Crippen LogP contribution is 2.16. The van der Waals surface area contributed by atoms with Gasteiger partial charge in [-0.15, -0.1) is 0 Å². The average molecular weight is 271 g/mol. The van der Waals surface area contributed by atoms with Gasteiger partial charge in [0.05, 0.1) is 6.42 Å². The lowest BCUT2D eigenvalue weighted by molar-refractivity contribution is -0.140. The van der Waals surface area contributed by atoms with Gasteiger partial charge >= 0.3 is 12.0 Å². The smallest absolute Gasteiger partial charge is 0.325 e. The van der Waals surface area contributed by atoms with Crippen molar-refractivity contribution in [1.82, 2.24) is 15.1 Å². The second kappa shape index (κ2) is 5.25. The van der Waals surface area contributed by atoms with Gasteiger partial charge in [-0.3, -0.25) is 19.3 Å². The Hall–Kier alpha value is -2.12. The van der Waals surface area contributed by atoms with Gasteiger partial charge in [-0.2, -0.15) is 0 Å². The Balaban J connectivity index is 2.60. The Morgan fingerprint density at radius 1 is 1.37 bits per heavy atom. The number of carbonyl (C=O) groups excluding carboxylic acids is 3. The molecular weight excluding hydrogens is 254 g/mol. The number of aliphatic carboxylic acids is 1. The summed E-state index contributed by atoms with van der Waals surface area (Å²) in [6.07, 6.45) is -0.187. The van der Waals surface area contributed by atoms with Crippen LogP contribution in [0.3, 0.4) is 0 Å². The van der Waals surface area contributed by atoms with E-state index in [0.29, 0.717) is 0 Å². The fourth-order valence-corrected chi connectivity index (χ4v) is 1.61. The Morgan fingerprint density at radius 2 is 1.95 bits per heavy atom. The summed E-state index contributed by atoms with van der Waals surface area (Å²) in [6.45, 7) is 2.74. The lowest BCUT2D eigenvalue weighted by atomic mass is 10.1. The van der Waals surface area contributed by atoms with Gasteiger partial charge < -0.3 is 15.3 Å². The van der Waals surface area contributed by atoms with Gasteiger partial charge in [0.1, 0.15) is 12.1 Å². The van der Waals surface area contributed by atoms with Gasteiger partial charge in [0.2, 0.25) is 5.91 Å². The van der Waals surface area contributed by atoms with E-state index < -0.39 is 29.4 Å². The van der Waals surface area contributed by atoms with Crippen LogP contribution in [-0.2, 0) is 14.4 Å². The lowest BCUT2D eigenvalue weighted by Crippen LogP contribution is -2.43. The van der Waals surface area contributed by atoms with Gasteiger partial charge in [-0.05, 0) is 13.8 Å². The molecule has 0 aromatic rings. The fourth-order valence-electron chi connectivity index (χ4n) is 1.61.